The molecule has 0 fully saturated rings. The van der Waals surface area contributed by atoms with Gasteiger partial charge in [0.25, 0.3) is 5.56 Å². The second-order valence-electron chi connectivity index (χ2n) is 3.81. The van der Waals surface area contributed by atoms with Crippen molar-refractivity contribution < 1.29 is 13.2 Å². The molecule has 1 aromatic carbocycles. The van der Waals surface area contributed by atoms with E-state index < -0.39 is 17.4 Å². The molecular formula is C11H9F3N2O. The number of alkyl halides is 3. The lowest BCUT2D eigenvalue weighted by molar-refractivity contribution is -0.142. The first-order valence-electron chi connectivity index (χ1n) is 4.85. The van der Waals surface area contributed by atoms with Crippen LogP contribution in [0, 0.1) is 6.92 Å². The molecule has 17 heavy (non-hydrogen) atoms. The SMILES string of the molecule is Cc1ccc2nc(C(F)(F)F)c(=O)n(C)c2c1. The van der Waals surface area contributed by atoms with Crippen LogP contribution in [0.5, 0.6) is 0 Å². The molecule has 0 bridgehead atoms. The van der Waals surface area contributed by atoms with E-state index in [2.05, 4.69) is 4.98 Å². The van der Waals surface area contributed by atoms with Crippen LogP contribution in [0.25, 0.3) is 11.0 Å². The van der Waals surface area contributed by atoms with Crippen molar-refractivity contribution in [3.8, 4) is 0 Å². The second-order valence-corrected chi connectivity index (χ2v) is 3.81. The molecule has 0 saturated carbocycles. The zero-order chi connectivity index (χ0) is 12.8. The summed E-state index contributed by atoms with van der Waals surface area (Å²) in [7, 11) is 1.31. The Kier molecular flexibility index (Phi) is 2.45. The van der Waals surface area contributed by atoms with Crippen molar-refractivity contribution in [2.75, 3.05) is 0 Å². The third-order valence-electron chi connectivity index (χ3n) is 2.50. The molecular weight excluding hydrogens is 233 g/mol. The van der Waals surface area contributed by atoms with Crippen molar-refractivity contribution in [2.45, 2.75) is 13.1 Å². The lowest BCUT2D eigenvalue weighted by Crippen LogP contribution is -2.29. The van der Waals surface area contributed by atoms with Gasteiger partial charge in [-0.1, -0.05) is 6.07 Å². The Morgan fingerprint density at radius 3 is 2.53 bits per heavy atom. The minimum absolute atomic E-state index is 0.157. The fourth-order valence-electron chi connectivity index (χ4n) is 1.62. The number of rotatable bonds is 0. The number of hydrogen-bond donors (Lipinski definition) is 0. The van der Waals surface area contributed by atoms with E-state index in [1.54, 1.807) is 19.1 Å². The highest BCUT2D eigenvalue weighted by molar-refractivity contribution is 5.75. The van der Waals surface area contributed by atoms with Crippen LogP contribution in [0.3, 0.4) is 0 Å². The molecule has 3 nitrogen and oxygen atoms in total. The van der Waals surface area contributed by atoms with E-state index >= 15 is 0 Å². The first-order valence-corrected chi connectivity index (χ1v) is 4.85. The minimum atomic E-state index is -4.73. The van der Waals surface area contributed by atoms with Crippen LogP contribution in [0.15, 0.2) is 23.0 Å². The highest BCUT2D eigenvalue weighted by Crippen LogP contribution is 2.26. The summed E-state index contributed by atoms with van der Waals surface area (Å²) >= 11 is 0. The lowest BCUT2D eigenvalue weighted by atomic mass is 10.2. The van der Waals surface area contributed by atoms with Gasteiger partial charge in [-0.3, -0.25) is 4.79 Å². The number of halogens is 3. The molecule has 0 amide bonds. The number of hydrogen-bond acceptors (Lipinski definition) is 2. The van der Waals surface area contributed by atoms with Crippen molar-refractivity contribution in [2.24, 2.45) is 7.05 Å². The van der Waals surface area contributed by atoms with Gasteiger partial charge in [-0.2, -0.15) is 13.2 Å². The summed E-state index contributed by atoms with van der Waals surface area (Å²) < 4.78 is 38.7. The molecule has 0 spiro atoms. The summed E-state index contributed by atoms with van der Waals surface area (Å²) in [4.78, 5) is 14.9. The van der Waals surface area contributed by atoms with Gasteiger partial charge in [-0.15, -0.1) is 0 Å². The first kappa shape index (κ1) is 11.6. The molecule has 2 aromatic rings. The van der Waals surface area contributed by atoms with Gasteiger partial charge in [0.15, 0.2) is 0 Å². The van der Waals surface area contributed by atoms with Crippen LogP contribution in [0.1, 0.15) is 11.3 Å². The van der Waals surface area contributed by atoms with E-state index in [-0.39, 0.29) is 5.52 Å². The summed E-state index contributed by atoms with van der Waals surface area (Å²) in [5.41, 5.74) is -1.10. The van der Waals surface area contributed by atoms with Gasteiger partial charge in [0, 0.05) is 7.05 Å². The summed E-state index contributed by atoms with van der Waals surface area (Å²) in [5.74, 6) is 0. The Morgan fingerprint density at radius 1 is 1.29 bits per heavy atom. The highest BCUT2D eigenvalue weighted by Gasteiger charge is 2.36. The maximum absolute atomic E-state index is 12.6. The van der Waals surface area contributed by atoms with Crippen LogP contribution in [-0.2, 0) is 13.2 Å². The minimum Gasteiger partial charge on any atom is -0.308 e. The van der Waals surface area contributed by atoms with Crippen molar-refractivity contribution in [1.82, 2.24) is 9.55 Å². The van der Waals surface area contributed by atoms with Crippen LogP contribution < -0.4 is 5.56 Å². The van der Waals surface area contributed by atoms with Gasteiger partial charge in [0.1, 0.15) is 0 Å². The topological polar surface area (TPSA) is 34.9 Å². The zero-order valence-corrected chi connectivity index (χ0v) is 9.17. The standard InChI is InChI=1S/C11H9F3N2O/c1-6-3-4-7-8(5-6)16(2)10(17)9(15-7)11(12,13)14/h3-5H,1-2H3. The quantitative estimate of drug-likeness (QED) is 0.710. The Bertz CT molecular complexity index is 643. The molecule has 0 aliphatic heterocycles. The monoisotopic (exact) mass is 242 g/mol. The molecule has 0 atom stereocenters. The molecule has 0 aliphatic rings. The third kappa shape index (κ3) is 1.90. The zero-order valence-electron chi connectivity index (χ0n) is 9.17. The normalized spacial score (nSPS) is 12.1. The number of aryl methyl sites for hydroxylation is 2. The summed E-state index contributed by atoms with van der Waals surface area (Å²) in [5, 5.41) is 0. The van der Waals surface area contributed by atoms with Gasteiger partial charge < -0.3 is 4.57 Å². The third-order valence-corrected chi connectivity index (χ3v) is 2.50. The smallest absolute Gasteiger partial charge is 0.308 e. The Hall–Kier alpha value is -1.85. The van der Waals surface area contributed by atoms with E-state index in [0.717, 1.165) is 10.1 Å². The second kappa shape index (κ2) is 3.58. The predicted molar refractivity (Wildman–Crippen MR) is 56.7 cm³/mol. The van der Waals surface area contributed by atoms with Crippen molar-refractivity contribution in [3.63, 3.8) is 0 Å². The maximum Gasteiger partial charge on any atom is 0.438 e. The Morgan fingerprint density at radius 2 is 1.94 bits per heavy atom. The number of aromatic nitrogens is 2. The van der Waals surface area contributed by atoms with E-state index in [4.69, 9.17) is 0 Å². The summed E-state index contributed by atoms with van der Waals surface area (Å²) in [6.45, 7) is 1.79. The van der Waals surface area contributed by atoms with E-state index in [1.165, 1.54) is 13.1 Å². The molecule has 0 N–H and O–H groups in total. The average molecular weight is 242 g/mol. The Labute approximate surface area is 94.5 Å². The Balaban J connectivity index is 2.90. The van der Waals surface area contributed by atoms with Gasteiger partial charge in [-0.25, -0.2) is 4.98 Å². The molecule has 0 saturated heterocycles. The molecule has 2 rings (SSSR count). The molecule has 0 radical (unpaired) electrons. The number of nitrogens with zero attached hydrogens (tertiary/aromatic N) is 2. The summed E-state index contributed by atoms with van der Waals surface area (Å²) in [6, 6.07) is 4.75. The molecule has 1 heterocycles. The fraction of sp³-hybridized carbons (Fsp3) is 0.273. The lowest BCUT2D eigenvalue weighted by Gasteiger charge is -2.10. The number of benzene rings is 1. The van der Waals surface area contributed by atoms with Gasteiger partial charge in [0.05, 0.1) is 11.0 Å². The predicted octanol–water partition coefficient (Wildman–Crippen LogP) is 2.26. The van der Waals surface area contributed by atoms with Crippen LogP contribution in [0.4, 0.5) is 13.2 Å². The largest absolute Gasteiger partial charge is 0.438 e. The van der Waals surface area contributed by atoms with Gasteiger partial charge in [-0.05, 0) is 24.6 Å². The van der Waals surface area contributed by atoms with E-state index in [1.807, 2.05) is 0 Å². The van der Waals surface area contributed by atoms with Crippen molar-refractivity contribution in [1.29, 1.82) is 0 Å². The van der Waals surface area contributed by atoms with Gasteiger partial charge in [0.2, 0.25) is 5.69 Å². The van der Waals surface area contributed by atoms with Crippen LogP contribution >= 0.6 is 0 Å². The average Bonchev–Trinajstić information content (AvgIpc) is 2.22. The first-order chi connectivity index (χ1) is 7.80. The van der Waals surface area contributed by atoms with Crippen LogP contribution in [0.2, 0.25) is 0 Å². The number of fused-ring (bicyclic) bond motifs is 1. The highest BCUT2D eigenvalue weighted by atomic mass is 19.4. The van der Waals surface area contributed by atoms with Crippen molar-refractivity contribution in [3.05, 3.63) is 39.8 Å². The summed E-state index contributed by atoms with van der Waals surface area (Å²) in [6.07, 6.45) is -4.73. The van der Waals surface area contributed by atoms with Gasteiger partial charge >= 0.3 is 6.18 Å². The fourth-order valence-corrected chi connectivity index (χ4v) is 1.62. The molecule has 90 valence electrons. The molecule has 1 aromatic heterocycles. The van der Waals surface area contributed by atoms with Crippen molar-refractivity contribution >= 4 is 11.0 Å². The van der Waals surface area contributed by atoms with Crippen LogP contribution in [-0.4, -0.2) is 9.55 Å². The van der Waals surface area contributed by atoms with E-state index in [9.17, 15) is 18.0 Å². The molecule has 0 unspecified atom stereocenters. The van der Waals surface area contributed by atoms with E-state index in [0.29, 0.717) is 5.52 Å². The maximum atomic E-state index is 12.6. The molecule has 6 heteroatoms. The molecule has 0 aliphatic carbocycles.